The normalized spacial score (nSPS) is 13.3. The van der Waals surface area contributed by atoms with Crippen molar-refractivity contribution in [3.05, 3.63) is 29.8 Å². The Balaban J connectivity index is 2.66. The van der Waals surface area contributed by atoms with Crippen molar-refractivity contribution < 1.29 is 28.2 Å². The summed E-state index contributed by atoms with van der Waals surface area (Å²) in [7, 11) is 1.48. The Morgan fingerprint density at radius 2 is 2.00 bits per heavy atom. The molecule has 1 aromatic carbocycles. The molecule has 0 aromatic heterocycles. The number of hydrogen-bond donors (Lipinski definition) is 2. The van der Waals surface area contributed by atoms with Crippen molar-refractivity contribution in [1.82, 2.24) is 10.2 Å². The molecule has 0 spiro atoms. The van der Waals surface area contributed by atoms with E-state index in [1.807, 2.05) is 0 Å². The van der Waals surface area contributed by atoms with Crippen LogP contribution in [0.5, 0.6) is 5.75 Å². The molecule has 0 aliphatic carbocycles. The van der Waals surface area contributed by atoms with Gasteiger partial charge in [0.05, 0.1) is 12.0 Å². The average Bonchev–Trinajstić information content (AvgIpc) is 2.46. The van der Waals surface area contributed by atoms with E-state index in [1.54, 1.807) is 19.1 Å². The Labute approximate surface area is 133 Å². The fourth-order valence-electron chi connectivity index (χ4n) is 1.91. The second-order valence-electron chi connectivity index (χ2n) is 5.24. The third kappa shape index (κ3) is 6.09. The lowest BCUT2D eigenvalue weighted by molar-refractivity contribution is -0.141. The Hall–Kier alpha value is -2.38. The lowest BCUT2D eigenvalue weighted by Gasteiger charge is -2.23. The van der Waals surface area contributed by atoms with Crippen LogP contribution in [0.4, 0.5) is 13.6 Å². The van der Waals surface area contributed by atoms with Crippen LogP contribution in [0.3, 0.4) is 0 Å². The number of urea groups is 1. The van der Waals surface area contributed by atoms with Gasteiger partial charge in [-0.3, -0.25) is 4.79 Å². The van der Waals surface area contributed by atoms with E-state index < -0.39 is 30.6 Å². The third-order valence-corrected chi connectivity index (χ3v) is 3.24. The lowest BCUT2D eigenvalue weighted by atomic mass is 10.1. The summed E-state index contributed by atoms with van der Waals surface area (Å²) in [5.74, 6) is -1.68. The van der Waals surface area contributed by atoms with Crippen LogP contribution in [-0.2, 0) is 4.79 Å². The molecule has 0 bridgehead atoms. The summed E-state index contributed by atoms with van der Waals surface area (Å²) in [6, 6.07) is 5.12. The fourth-order valence-corrected chi connectivity index (χ4v) is 1.91. The molecule has 1 rings (SSSR count). The minimum atomic E-state index is -2.92. The number of halogens is 2. The van der Waals surface area contributed by atoms with Crippen molar-refractivity contribution in [3.8, 4) is 5.75 Å². The van der Waals surface area contributed by atoms with Crippen molar-refractivity contribution in [2.24, 2.45) is 5.92 Å². The maximum absolute atomic E-state index is 12.2. The summed E-state index contributed by atoms with van der Waals surface area (Å²) in [5, 5.41) is 11.5. The van der Waals surface area contributed by atoms with Crippen LogP contribution in [0, 0.1) is 5.92 Å². The molecular formula is C15H20F2N2O4. The van der Waals surface area contributed by atoms with E-state index in [-0.39, 0.29) is 12.3 Å². The number of aliphatic carboxylic acids is 1. The number of rotatable bonds is 7. The van der Waals surface area contributed by atoms with Crippen molar-refractivity contribution in [1.29, 1.82) is 0 Å². The predicted octanol–water partition coefficient (Wildman–Crippen LogP) is 2.71. The minimum Gasteiger partial charge on any atom is -0.481 e. The monoisotopic (exact) mass is 330 g/mol. The fraction of sp³-hybridized carbons (Fsp3) is 0.467. The van der Waals surface area contributed by atoms with E-state index in [0.29, 0.717) is 5.56 Å². The summed E-state index contributed by atoms with van der Waals surface area (Å²) >= 11 is 0. The molecular weight excluding hydrogens is 310 g/mol. The van der Waals surface area contributed by atoms with E-state index >= 15 is 0 Å². The van der Waals surface area contributed by atoms with Gasteiger partial charge in [-0.05, 0) is 24.6 Å². The molecule has 0 radical (unpaired) electrons. The van der Waals surface area contributed by atoms with Crippen molar-refractivity contribution >= 4 is 12.0 Å². The first kappa shape index (κ1) is 18.7. The molecule has 0 aliphatic rings. The van der Waals surface area contributed by atoms with Gasteiger partial charge in [-0.2, -0.15) is 8.78 Å². The van der Waals surface area contributed by atoms with Crippen LogP contribution in [0.1, 0.15) is 25.5 Å². The number of hydrogen-bond acceptors (Lipinski definition) is 3. The molecule has 8 heteroatoms. The van der Waals surface area contributed by atoms with E-state index in [2.05, 4.69) is 10.1 Å². The Morgan fingerprint density at radius 1 is 1.35 bits per heavy atom. The van der Waals surface area contributed by atoms with Gasteiger partial charge >= 0.3 is 18.6 Å². The molecule has 0 saturated heterocycles. The van der Waals surface area contributed by atoms with Gasteiger partial charge in [0.2, 0.25) is 0 Å². The number of carbonyl (C=O) groups is 2. The van der Waals surface area contributed by atoms with E-state index in [9.17, 15) is 18.4 Å². The van der Waals surface area contributed by atoms with Gasteiger partial charge in [-0.1, -0.05) is 19.1 Å². The molecule has 0 saturated carbocycles. The number of benzene rings is 1. The molecule has 2 N–H and O–H groups in total. The molecule has 2 atom stereocenters. The molecule has 0 aliphatic heterocycles. The predicted molar refractivity (Wildman–Crippen MR) is 79.5 cm³/mol. The molecule has 2 amide bonds. The van der Waals surface area contributed by atoms with Crippen molar-refractivity contribution in [2.75, 3.05) is 13.6 Å². The summed E-state index contributed by atoms with van der Waals surface area (Å²) in [5.41, 5.74) is 0.594. The zero-order valence-corrected chi connectivity index (χ0v) is 13.1. The quantitative estimate of drug-likeness (QED) is 0.806. The van der Waals surface area contributed by atoms with Gasteiger partial charge in [0.25, 0.3) is 0 Å². The number of ether oxygens (including phenoxy) is 1. The standard InChI is InChI=1S/C15H20F2N2O4/c1-9(13(20)21)8-19(3)15(22)18-10(2)11-5-4-6-12(7-11)23-14(16)17/h4-7,9-10,14H,8H2,1-3H3,(H,18,22)(H,20,21). The van der Waals surface area contributed by atoms with E-state index in [0.717, 1.165) is 0 Å². The summed E-state index contributed by atoms with van der Waals surface area (Å²) in [4.78, 5) is 24.1. The SMILES string of the molecule is CC(CN(C)C(=O)NC(C)c1cccc(OC(F)F)c1)C(=O)O. The first-order valence-electron chi connectivity index (χ1n) is 7.00. The third-order valence-electron chi connectivity index (χ3n) is 3.24. The number of amides is 2. The highest BCUT2D eigenvalue weighted by Gasteiger charge is 2.19. The topological polar surface area (TPSA) is 78.9 Å². The van der Waals surface area contributed by atoms with Gasteiger partial charge in [-0.25, -0.2) is 4.79 Å². The average molecular weight is 330 g/mol. The highest BCUT2D eigenvalue weighted by Crippen LogP contribution is 2.20. The molecule has 6 nitrogen and oxygen atoms in total. The maximum Gasteiger partial charge on any atom is 0.387 e. The van der Waals surface area contributed by atoms with Crippen LogP contribution in [0.25, 0.3) is 0 Å². The Morgan fingerprint density at radius 3 is 2.57 bits per heavy atom. The lowest BCUT2D eigenvalue weighted by Crippen LogP contribution is -2.41. The highest BCUT2D eigenvalue weighted by molar-refractivity contribution is 5.76. The molecule has 23 heavy (non-hydrogen) atoms. The highest BCUT2D eigenvalue weighted by atomic mass is 19.3. The molecule has 0 fully saturated rings. The molecule has 2 unspecified atom stereocenters. The largest absolute Gasteiger partial charge is 0.481 e. The van der Waals surface area contributed by atoms with E-state index in [1.165, 1.54) is 31.0 Å². The van der Waals surface area contributed by atoms with Crippen LogP contribution in [0.2, 0.25) is 0 Å². The van der Waals surface area contributed by atoms with E-state index in [4.69, 9.17) is 5.11 Å². The number of carboxylic acids is 1. The zero-order chi connectivity index (χ0) is 17.6. The number of alkyl halides is 2. The van der Waals surface area contributed by atoms with Crippen molar-refractivity contribution in [3.63, 3.8) is 0 Å². The van der Waals surface area contributed by atoms with Gasteiger partial charge in [0.1, 0.15) is 5.75 Å². The molecule has 0 heterocycles. The first-order chi connectivity index (χ1) is 10.7. The Kier molecular flexibility index (Phi) is 6.74. The van der Waals surface area contributed by atoms with Crippen molar-refractivity contribution in [2.45, 2.75) is 26.5 Å². The molecule has 1 aromatic rings. The van der Waals surface area contributed by atoms with Crippen LogP contribution in [-0.4, -0.2) is 42.2 Å². The van der Waals surface area contributed by atoms with Crippen LogP contribution < -0.4 is 10.1 Å². The number of nitrogens with zero attached hydrogens (tertiary/aromatic N) is 1. The molecule has 128 valence electrons. The second kappa shape index (κ2) is 8.30. The van der Waals surface area contributed by atoms with Gasteiger partial charge in [0.15, 0.2) is 0 Å². The summed E-state index contributed by atoms with van der Waals surface area (Å²) in [6.45, 7) is 0.329. The maximum atomic E-state index is 12.2. The first-order valence-corrected chi connectivity index (χ1v) is 7.00. The second-order valence-corrected chi connectivity index (χ2v) is 5.24. The van der Waals surface area contributed by atoms with Gasteiger partial charge < -0.3 is 20.1 Å². The number of carbonyl (C=O) groups excluding carboxylic acids is 1. The van der Waals surface area contributed by atoms with Crippen LogP contribution in [0.15, 0.2) is 24.3 Å². The number of carboxylic acid groups (broad SMARTS) is 1. The van der Waals surface area contributed by atoms with Gasteiger partial charge in [0, 0.05) is 13.6 Å². The van der Waals surface area contributed by atoms with Crippen LogP contribution >= 0.6 is 0 Å². The summed E-state index contributed by atoms with van der Waals surface area (Å²) < 4.78 is 28.7. The zero-order valence-electron chi connectivity index (χ0n) is 13.1. The number of nitrogens with one attached hydrogen (secondary N) is 1. The minimum absolute atomic E-state index is 0.00597. The Bertz CT molecular complexity index is 554. The van der Waals surface area contributed by atoms with Gasteiger partial charge in [-0.15, -0.1) is 0 Å². The smallest absolute Gasteiger partial charge is 0.387 e. The summed E-state index contributed by atoms with van der Waals surface area (Å²) in [6.07, 6.45) is 0.